The molecule has 2 rings (SSSR count). The molecule has 7 heteroatoms. The van der Waals surface area contributed by atoms with E-state index in [0.29, 0.717) is 18.2 Å². The summed E-state index contributed by atoms with van der Waals surface area (Å²) in [6, 6.07) is 0. The van der Waals surface area contributed by atoms with Crippen LogP contribution in [0.4, 0.5) is 13.2 Å². The van der Waals surface area contributed by atoms with E-state index < -0.39 is 11.9 Å². The Bertz CT molecular complexity index is 399. The van der Waals surface area contributed by atoms with Crippen LogP contribution in [0.25, 0.3) is 0 Å². The predicted octanol–water partition coefficient (Wildman–Crippen LogP) is 3.12. The molecule has 1 unspecified atom stereocenters. The molecule has 0 spiro atoms. The second-order valence-electron chi connectivity index (χ2n) is 4.10. The van der Waals surface area contributed by atoms with Crippen LogP contribution < -0.4 is 5.32 Å². The molecule has 0 bridgehead atoms. The lowest BCUT2D eigenvalue weighted by atomic mass is 10.2. The molecule has 1 saturated heterocycles. The molecule has 1 fully saturated rings. The largest absolute Gasteiger partial charge is 0.434 e. The molecule has 1 N–H and O–H groups in total. The van der Waals surface area contributed by atoms with Crippen molar-refractivity contribution in [1.29, 1.82) is 0 Å². The van der Waals surface area contributed by atoms with Crippen LogP contribution in [-0.2, 0) is 17.5 Å². The summed E-state index contributed by atoms with van der Waals surface area (Å²) < 4.78 is 43.9. The van der Waals surface area contributed by atoms with E-state index in [2.05, 4.69) is 10.3 Å². The molecule has 1 aliphatic rings. The predicted molar refractivity (Wildman–Crippen MR) is 62.4 cm³/mol. The molecule has 1 aromatic rings. The summed E-state index contributed by atoms with van der Waals surface area (Å²) >= 11 is 1.10. The fraction of sp³-hybridized carbons (Fsp3) is 0.727. The van der Waals surface area contributed by atoms with Gasteiger partial charge >= 0.3 is 6.18 Å². The fourth-order valence-electron chi connectivity index (χ4n) is 1.86. The van der Waals surface area contributed by atoms with Crippen LogP contribution in [0.1, 0.15) is 41.4 Å². The van der Waals surface area contributed by atoms with Crippen molar-refractivity contribution in [3.8, 4) is 0 Å². The van der Waals surface area contributed by atoms with Crippen molar-refractivity contribution in [1.82, 2.24) is 10.3 Å². The standard InChI is InChI=1S/C11H15F3N2OS/c1-2-15-6-8-9(11(12,13)14)16-10(18-8)7-4-3-5-17-7/h7,15H,2-6H2,1H3. The van der Waals surface area contributed by atoms with Gasteiger partial charge in [0.15, 0.2) is 5.69 Å². The van der Waals surface area contributed by atoms with Gasteiger partial charge in [-0.05, 0) is 19.4 Å². The van der Waals surface area contributed by atoms with Crippen LogP contribution >= 0.6 is 11.3 Å². The van der Waals surface area contributed by atoms with E-state index in [-0.39, 0.29) is 17.5 Å². The highest BCUT2D eigenvalue weighted by Crippen LogP contribution is 2.39. The Balaban J connectivity index is 2.24. The number of rotatable bonds is 4. The normalized spacial score (nSPS) is 20.6. The minimum absolute atomic E-state index is 0.204. The number of hydrogen-bond acceptors (Lipinski definition) is 4. The zero-order valence-electron chi connectivity index (χ0n) is 10.0. The number of thiazole rings is 1. The lowest BCUT2D eigenvalue weighted by Crippen LogP contribution is -2.15. The highest BCUT2D eigenvalue weighted by Gasteiger charge is 2.38. The average Bonchev–Trinajstić information content (AvgIpc) is 2.93. The first-order chi connectivity index (χ1) is 8.52. The topological polar surface area (TPSA) is 34.1 Å². The number of alkyl halides is 3. The number of ether oxygens (including phenoxy) is 1. The second kappa shape index (κ2) is 5.54. The zero-order chi connectivity index (χ0) is 13.2. The lowest BCUT2D eigenvalue weighted by Gasteiger charge is -2.06. The molecule has 0 aromatic carbocycles. The summed E-state index contributed by atoms with van der Waals surface area (Å²) in [5.74, 6) is 0. The molecular formula is C11H15F3N2OS. The van der Waals surface area contributed by atoms with Gasteiger partial charge in [0, 0.05) is 13.2 Å². The van der Waals surface area contributed by atoms with Crippen LogP contribution in [0.5, 0.6) is 0 Å². The van der Waals surface area contributed by atoms with Crippen LogP contribution in [0.15, 0.2) is 0 Å². The van der Waals surface area contributed by atoms with Crippen LogP contribution in [0.3, 0.4) is 0 Å². The van der Waals surface area contributed by atoms with Crippen LogP contribution in [-0.4, -0.2) is 18.1 Å². The summed E-state index contributed by atoms with van der Waals surface area (Å²) in [7, 11) is 0. The number of halogens is 3. The zero-order valence-corrected chi connectivity index (χ0v) is 10.8. The highest BCUT2D eigenvalue weighted by atomic mass is 32.1. The Morgan fingerprint density at radius 2 is 2.28 bits per heavy atom. The number of aromatic nitrogens is 1. The first-order valence-electron chi connectivity index (χ1n) is 5.91. The summed E-state index contributed by atoms with van der Waals surface area (Å²) in [5, 5.41) is 3.36. The highest BCUT2D eigenvalue weighted by molar-refractivity contribution is 7.11. The summed E-state index contributed by atoms with van der Waals surface area (Å²) in [6.45, 7) is 3.30. The van der Waals surface area contributed by atoms with E-state index in [4.69, 9.17) is 4.74 Å². The molecule has 1 aromatic heterocycles. The molecule has 0 radical (unpaired) electrons. The van der Waals surface area contributed by atoms with E-state index in [9.17, 15) is 13.2 Å². The molecule has 1 atom stereocenters. The Morgan fingerprint density at radius 1 is 1.50 bits per heavy atom. The molecule has 102 valence electrons. The third-order valence-corrected chi connectivity index (χ3v) is 3.87. The van der Waals surface area contributed by atoms with E-state index in [0.717, 1.165) is 24.2 Å². The third-order valence-electron chi connectivity index (χ3n) is 2.72. The molecule has 2 heterocycles. The van der Waals surface area contributed by atoms with Crippen LogP contribution in [0.2, 0.25) is 0 Å². The van der Waals surface area contributed by atoms with Gasteiger partial charge in [0.25, 0.3) is 0 Å². The smallest absolute Gasteiger partial charge is 0.371 e. The number of nitrogens with one attached hydrogen (secondary N) is 1. The van der Waals surface area contributed by atoms with E-state index >= 15 is 0 Å². The Labute approximate surface area is 107 Å². The van der Waals surface area contributed by atoms with Crippen molar-refractivity contribution < 1.29 is 17.9 Å². The van der Waals surface area contributed by atoms with Crippen molar-refractivity contribution in [2.75, 3.05) is 13.2 Å². The van der Waals surface area contributed by atoms with Gasteiger partial charge in [-0.3, -0.25) is 0 Å². The van der Waals surface area contributed by atoms with Gasteiger partial charge in [0.05, 0.1) is 4.88 Å². The van der Waals surface area contributed by atoms with Crippen molar-refractivity contribution in [3.05, 3.63) is 15.6 Å². The molecule has 0 aliphatic carbocycles. The van der Waals surface area contributed by atoms with E-state index in [1.165, 1.54) is 0 Å². The van der Waals surface area contributed by atoms with Crippen LogP contribution in [0, 0.1) is 0 Å². The van der Waals surface area contributed by atoms with Gasteiger partial charge < -0.3 is 10.1 Å². The van der Waals surface area contributed by atoms with Gasteiger partial charge in [-0.1, -0.05) is 6.92 Å². The Kier molecular flexibility index (Phi) is 4.24. The summed E-state index contributed by atoms with van der Waals surface area (Å²) in [4.78, 5) is 3.99. The van der Waals surface area contributed by atoms with Crippen molar-refractivity contribution in [3.63, 3.8) is 0 Å². The summed E-state index contributed by atoms with van der Waals surface area (Å²) in [6.07, 6.45) is -3.01. The van der Waals surface area contributed by atoms with Crippen molar-refractivity contribution in [2.45, 2.75) is 38.6 Å². The van der Waals surface area contributed by atoms with E-state index in [1.54, 1.807) is 0 Å². The van der Waals surface area contributed by atoms with E-state index in [1.807, 2.05) is 6.92 Å². The third kappa shape index (κ3) is 3.02. The lowest BCUT2D eigenvalue weighted by molar-refractivity contribution is -0.141. The first kappa shape index (κ1) is 13.8. The number of hydrogen-bond donors (Lipinski definition) is 1. The maximum absolute atomic E-state index is 12.9. The minimum atomic E-state index is -4.39. The average molecular weight is 280 g/mol. The fourth-order valence-corrected chi connectivity index (χ4v) is 3.00. The monoisotopic (exact) mass is 280 g/mol. The van der Waals surface area contributed by atoms with Crippen molar-refractivity contribution in [2.24, 2.45) is 0 Å². The van der Waals surface area contributed by atoms with Gasteiger partial charge in [0.2, 0.25) is 0 Å². The maximum Gasteiger partial charge on any atom is 0.434 e. The maximum atomic E-state index is 12.9. The Morgan fingerprint density at radius 3 is 2.83 bits per heavy atom. The number of nitrogens with zero attached hydrogens (tertiary/aromatic N) is 1. The molecular weight excluding hydrogens is 265 g/mol. The SMILES string of the molecule is CCNCc1sc(C2CCCO2)nc1C(F)(F)F. The second-order valence-corrected chi connectivity index (χ2v) is 5.22. The molecule has 18 heavy (non-hydrogen) atoms. The van der Waals surface area contributed by atoms with Gasteiger partial charge in [-0.2, -0.15) is 13.2 Å². The molecule has 3 nitrogen and oxygen atoms in total. The molecule has 0 saturated carbocycles. The van der Waals surface area contributed by atoms with Gasteiger partial charge in [-0.25, -0.2) is 4.98 Å². The molecule has 1 aliphatic heterocycles. The Hall–Kier alpha value is -0.660. The minimum Gasteiger partial charge on any atom is -0.371 e. The summed E-state index contributed by atoms with van der Waals surface area (Å²) in [5.41, 5.74) is -0.765. The first-order valence-corrected chi connectivity index (χ1v) is 6.73. The van der Waals surface area contributed by atoms with Gasteiger partial charge in [-0.15, -0.1) is 11.3 Å². The van der Waals surface area contributed by atoms with Crippen molar-refractivity contribution >= 4 is 11.3 Å². The van der Waals surface area contributed by atoms with Gasteiger partial charge in [0.1, 0.15) is 11.1 Å². The quantitative estimate of drug-likeness (QED) is 0.920. The molecule has 0 amide bonds.